The summed E-state index contributed by atoms with van der Waals surface area (Å²) in [4.78, 5) is 36.2. The van der Waals surface area contributed by atoms with Crippen molar-refractivity contribution in [2.75, 3.05) is 11.9 Å². The first-order chi connectivity index (χ1) is 18.8. The van der Waals surface area contributed by atoms with Crippen molar-refractivity contribution in [3.63, 3.8) is 0 Å². The molecule has 2 aromatic carbocycles. The van der Waals surface area contributed by atoms with Crippen molar-refractivity contribution in [3.05, 3.63) is 101 Å². The quantitative estimate of drug-likeness (QED) is 0.252. The van der Waals surface area contributed by atoms with Gasteiger partial charge in [0.1, 0.15) is 0 Å². The van der Waals surface area contributed by atoms with Gasteiger partial charge in [-0.1, -0.05) is 35.9 Å². The molecule has 0 saturated heterocycles. The van der Waals surface area contributed by atoms with E-state index in [0.717, 1.165) is 40.1 Å². The summed E-state index contributed by atoms with van der Waals surface area (Å²) in [6, 6.07) is 13.7. The van der Waals surface area contributed by atoms with Crippen LogP contribution in [0.15, 0.2) is 73.2 Å². The molecule has 0 saturated carbocycles. The number of anilines is 2. The first kappa shape index (κ1) is 26.0. The summed E-state index contributed by atoms with van der Waals surface area (Å²) in [5, 5.41) is 7.77. The predicted molar refractivity (Wildman–Crippen MR) is 152 cm³/mol. The van der Waals surface area contributed by atoms with E-state index >= 15 is 0 Å². The Balaban J connectivity index is 1.24. The van der Waals surface area contributed by atoms with E-state index in [1.165, 1.54) is 17.7 Å². The van der Waals surface area contributed by atoms with Crippen molar-refractivity contribution in [1.29, 1.82) is 0 Å². The molecule has 8 nitrogen and oxygen atoms in total. The first-order valence-electron chi connectivity index (χ1n) is 13.1. The molecule has 8 heteroatoms. The van der Waals surface area contributed by atoms with E-state index in [9.17, 15) is 9.59 Å². The summed E-state index contributed by atoms with van der Waals surface area (Å²) >= 11 is 0. The van der Waals surface area contributed by atoms with Crippen LogP contribution < -0.4 is 5.32 Å². The van der Waals surface area contributed by atoms with Gasteiger partial charge in [0, 0.05) is 54.4 Å². The third-order valence-corrected chi connectivity index (χ3v) is 6.88. The minimum atomic E-state index is -0.174. The van der Waals surface area contributed by atoms with Crippen molar-refractivity contribution in [3.8, 4) is 11.3 Å². The fraction of sp³-hybridized carbons (Fsp3) is 0.258. The molecular weight excluding hydrogens is 488 g/mol. The average molecular weight is 521 g/mol. The lowest BCUT2D eigenvalue weighted by molar-refractivity contribution is -0.126. The number of amides is 1. The lowest BCUT2D eigenvalue weighted by Gasteiger charge is -2.28. The minimum Gasteiger partial charge on any atom is -0.334 e. The number of allylic oxidation sites excluding steroid dienone is 1. The summed E-state index contributed by atoms with van der Waals surface area (Å²) in [7, 11) is 0. The van der Waals surface area contributed by atoms with Crippen molar-refractivity contribution >= 4 is 23.3 Å². The van der Waals surface area contributed by atoms with E-state index in [1.54, 1.807) is 17.0 Å². The van der Waals surface area contributed by atoms with Gasteiger partial charge in [0.15, 0.2) is 5.78 Å². The Morgan fingerprint density at radius 1 is 1.00 bits per heavy atom. The molecule has 39 heavy (non-hydrogen) atoms. The van der Waals surface area contributed by atoms with Crippen LogP contribution in [-0.4, -0.2) is 42.9 Å². The third-order valence-electron chi connectivity index (χ3n) is 6.88. The highest BCUT2D eigenvalue weighted by Gasteiger charge is 2.20. The van der Waals surface area contributed by atoms with Crippen LogP contribution in [0.5, 0.6) is 0 Å². The van der Waals surface area contributed by atoms with Gasteiger partial charge in [0.05, 0.1) is 11.9 Å². The number of hydrogen-bond acceptors (Lipinski definition) is 6. The van der Waals surface area contributed by atoms with Gasteiger partial charge in [-0.25, -0.2) is 9.97 Å². The van der Waals surface area contributed by atoms with Crippen LogP contribution in [0.2, 0.25) is 0 Å². The second-order valence-electron chi connectivity index (χ2n) is 10.2. The highest BCUT2D eigenvalue weighted by Crippen LogP contribution is 2.26. The number of aromatic nitrogens is 4. The van der Waals surface area contributed by atoms with Crippen molar-refractivity contribution in [2.45, 2.75) is 46.7 Å². The SMILES string of the molecule is Cc1ccc(C(=O)/C=C/C(=O)N2CCc3cc(Nc4ncc(C)c(-c5cnn(C(C)C)c5)n4)ccc3C2)cc1. The van der Waals surface area contributed by atoms with E-state index in [2.05, 4.69) is 35.3 Å². The Morgan fingerprint density at radius 3 is 2.54 bits per heavy atom. The zero-order chi connectivity index (χ0) is 27.5. The van der Waals surface area contributed by atoms with Gasteiger partial charge in [-0.3, -0.25) is 14.3 Å². The second kappa shape index (κ2) is 11.0. The monoisotopic (exact) mass is 520 g/mol. The van der Waals surface area contributed by atoms with Crippen molar-refractivity contribution < 1.29 is 9.59 Å². The van der Waals surface area contributed by atoms with E-state index in [-0.39, 0.29) is 17.7 Å². The molecule has 0 fully saturated rings. The molecule has 3 heterocycles. The van der Waals surface area contributed by atoms with Gasteiger partial charge >= 0.3 is 0 Å². The maximum atomic E-state index is 12.8. The molecule has 5 rings (SSSR count). The fourth-order valence-corrected chi connectivity index (χ4v) is 4.55. The Morgan fingerprint density at radius 2 is 1.79 bits per heavy atom. The van der Waals surface area contributed by atoms with E-state index in [1.807, 2.05) is 61.4 Å². The average Bonchev–Trinajstić information content (AvgIpc) is 3.43. The van der Waals surface area contributed by atoms with E-state index in [4.69, 9.17) is 4.98 Å². The standard InChI is InChI=1S/C31H32N6O2/c1-20(2)37-19-26(17-33-37)30-22(4)16-32-31(35-30)34-27-10-9-25-18-36(14-13-24(25)15-27)29(39)12-11-28(38)23-7-5-21(3)6-8-23/h5-12,15-17,19-20H,13-14,18H2,1-4H3,(H,32,34,35)/b12-11+. The molecule has 0 radical (unpaired) electrons. The Kier molecular flexibility index (Phi) is 7.36. The number of ketones is 1. The van der Waals surface area contributed by atoms with Gasteiger partial charge in [-0.2, -0.15) is 5.10 Å². The van der Waals surface area contributed by atoms with Crippen LogP contribution in [0.1, 0.15) is 52.5 Å². The number of rotatable bonds is 7. The van der Waals surface area contributed by atoms with Crippen molar-refractivity contribution in [1.82, 2.24) is 24.6 Å². The van der Waals surface area contributed by atoms with E-state index in [0.29, 0.717) is 24.6 Å². The van der Waals surface area contributed by atoms with Crippen molar-refractivity contribution in [2.24, 2.45) is 0 Å². The fourth-order valence-electron chi connectivity index (χ4n) is 4.55. The van der Waals surface area contributed by atoms with Gasteiger partial charge in [0.25, 0.3) is 0 Å². The number of nitrogens with one attached hydrogen (secondary N) is 1. The maximum absolute atomic E-state index is 12.8. The third kappa shape index (κ3) is 5.95. The van der Waals surface area contributed by atoms with Crippen LogP contribution in [0.25, 0.3) is 11.3 Å². The summed E-state index contributed by atoms with van der Waals surface area (Å²) in [5.41, 5.74) is 7.60. The van der Waals surface area contributed by atoms with Crippen LogP contribution >= 0.6 is 0 Å². The molecule has 2 aromatic heterocycles. The molecule has 0 unspecified atom stereocenters. The predicted octanol–water partition coefficient (Wildman–Crippen LogP) is 5.61. The Bertz CT molecular complexity index is 1550. The molecule has 1 N–H and O–H groups in total. The van der Waals surface area contributed by atoms with Crippen LogP contribution in [0.4, 0.5) is 11.6 Å². The topological polar surface area (TPSA) is 93.0 Å². The smallest absolute Gasteiger partial charge is 0.247 e. The van der Waals surface area contributed by atoms with E-state index < -0.39 is 0 Å². The second-order valence-corrected chi connectivity index (χ2v) is 10.2. The number of hydrogen-bond donors (Lipinski definition) is 1. The molecule has 0 aliphatic carbocycles. The van der Waals surface area contributed by atoms with Crippen LogP contribution in [-0.2, 0) is 17.8 Å². The summed E-state index contributed by atoms with van der Waals surface area (Å²) < 4.78 is 1.92. The number of nitrogens with zero attached hydrogens (tertiary/aromatic N) is 5. The molecule has 4 aromatic rings. The highest BCUT2D eigenvalue weighted by molar-refractivity contribution is 6.07. The summed E-state index contributed by atoms with van der Waals surface area (Å²) in [5.74, 6) is 0.181. The highest BCUT2D eigenvalue weighted by atomic mass is 16.2. The molecule has 0 spiro atoms. The lowest BCUT2D eigenvalue weighted by atomic mass is 9.99. The zero-order valence-corrected chi connectivity index (χ0v) is 22.7. The normalized spacial score (nSPS) is 13.1. The number of fused-ring (bicyclic) bond motifs is 1. The molecule has 1 amide bonds. The van der Waals surface area contributed by atoms with Crippen LogP contribution in [0.3, 0.4) is 0 Å². The lowest BCUT2D eigenvalue weighted by Crippen LogP contribution is -2.34. The molecule has 1 aliphatic rings. The molecule has 198 valence electrons. The first-order valence-corrected chi connectivity index (χ1v) is 13.1. The molecule has 1 aliphatic heterocycles. The maximum Gasteiger partial charge on any atom is 0.247 e. The van der Waals surface area contributed by atoms with Gasteiger partial charge in [-0.15, -0.1) is 0 Å². The Labute approximate surface area is 228 Å². The summed E-state index contributed by atoms with van der Waals surface area (Å²) in [6.07, 6.45) is 9.11. The number of benzene rings is 2. The molecule has 0 bridgehead atoms. The van der Waals surface area contributed by atoms with Gasteiger partial charge in [-0.05, 0) is 69.0 Å². The zero-order valence-electron chi connectivity index (χ0n) is 22.7. The summed E-state index contributed by atoms with van der Waals surface area (Å²) in [6.45, 7) is 9.23. The minimum absolute atomic E-state index is 0.162. The Hall–Kier alpha value is -4.59. The number of carbonyl (C=O) groups is 2. The van der Waals surface area contributed by atoms with Crippen LogP contribution in [0, 0.1) is 13.8 Å². The largest absolute Gasteiger partial charge is 0.334 e. The van der Waals surface area contributed by atoms with Gasteiger partial charge in [0.2, 0.25) is 11.9 Å². The molecule has 0 atom stereocenters. The number of aryl methyl sites for hydroxylation is 2. The van der Waals surface area contributed by atoms with Gasteiger partial charge < -0.3 is 10.2 Å². The number of carbonyl (C=O) groups excluding carboxylic acids is 2. The molecular formula is C31H32N6O2.